The van der Waals surface area contributed by atoms with E-state index in [1.807, 2.05) is 0 Å². The topological polar surface area (TPSA) is 44.5 Å². The van der Waals surface area contributed by atoms with Crippen molar-refractivity contribution in [1.29, 1.82) is 0 Å². The molecule has 1 aromatic rings. The Bertz CT molecular complexity index is 339. The highest BCUT2D eigenvalue weighted by molar-refractivity contribution is 5.44. The Morgan fingerprint density at radius 3 is 2.33 bits per heavy atom. The number of ether oxygens (including phenoxy) is 2. The summed E-state index contributed by atoms with van der Waals surface area (Å²) in [6, 6.07) is 4.92. The van der Waals surface area contributed by atoms with Crippen LogP contribution in [-0.2, 0) is 5.67 Å². The Balaban J connectivity index is 3.13. The molecule has 4 heteroatoms. The molecule has 1 aromatic carbocycles. The Labute approximate surface area is 89.0 Å². The van der Waals surface area contributed by atoms with Crippen molar-refractivity contribution < 1.29 is 13.9 Å². The maximum atomic E-state index is 13.9. The zero-order valence-corrected chi connectivity index (χ0v) is 9.21. The highest BCUT2D eigenvalue weighted by atomic mass is 19.1. The predicted molar refractivity (Wildman–Crippen MR) is 57.1 cm³/mol. The van der Waals surface area contributed by atoms with Crippen LogP contribution in [0.2, 0.25) is 0 Å². The van der Waals surface area contributed by atoms with Gasteiger partial charge in [0.1, 0.15) is 5.67 Å². The fourth-order valence-corrected chi connectivity index (χ4v) is 1.28. The first-order chi connectivity index (χ1) is 7.05. The van der Waals surface area contributed by atoms with E-state index < -0.39 is 5.67 Å². The van der Waals surface area contributed by atoms with E-state index in [9.17, 15) is 4.39 Å². The summed E-state index contributed by atoms with van der Waals surface area (Å²) in [7, 11) is 3.05. The lowest BCUT2D eigenvalue weighted by Gasteiger charge is -2.19. The van der Waals surface area contributed by atoms with Crippen molar-refractivity contribution in [3.05, 3.63) is 23.8 Å². The summed E-state index contributed by atoms with van der Waals surface area (Å²) in [6.07, 6.45) is 0. The molecule has 84 valence electrons. The lowest BCUT2D eigenvalue weighted by Crippen LogP contribution is -2.26. The molecule has 0 saturated carbocycles. The van der Waals surface area contributed by atoms with Gasteiger partial charge in [-0.3, -0.25) is 0 Å². The Morgan fingerprint density at radius 2 is 1.87 bits per heavy atom. The molecule has 0 aliphatic rings. The van der Waals surface area contributed by atoms with Gasteiger partial charge in [0, 0.05) is 6.54 Å². The van der Waals surface area contributed by atoms with Crippen LogP contribution in [0.15, 0.2) is 18.2 Å². The number of benzene rings is 1. The number of rotatable bonds is 4. The van der Waals surface area contributed by atoms with E-state index in [2.05, 4.69) is 0 Å². The third-order valence-electron chi connectivity index (χ3n) is 2.37. The van der Waals surface area contributed by atoms with Crippen molar-refractivity contribution in [2.75, 3.05) is 20.8 Å². The van der Waals surface area contributed by atoms with Crippen LogP contribution in [0, 0.1) is 0 Å². The molecule has 0 saturated heterocycles. The van der Waals surface area contributed by atoms with Gasteiger partial charge in [0.2, 0.25) is 0 Å². The first-order valence-corrected chi connectivity index (χ1v) is 4.66. The number of alkyl halides is 1. The monoisotopic (exact) mass is 213 g/mol. The Kier molecular flexibility index (Phi) is 3.52. The van der Waals surface area contributed by atoms with E-state index in [0.717, 1.165) is 0 Å². The average Bonchev–Trinajstić information content (AvgIpc) is 2.28. The molecule has 15 heavy (non-hydrogen) atoms. The van der Waals surface area contributed by atoms with Crippen molar-refractivity contribution >= 4 is 0 Å². The molecule has 1 atom stereocenters. The van der Waals surface area contributed by atoms with Crippen LogP contribution in [0.4, 0.5) is 4.39 Å². The number of methoxy groups -OCH3 is 2. The largest absolute Gasteiger partial charge is 0.493 e. The number of hydrogen-bond donors (Lipinski definition) is 1. The van der Waals surface area contributed by atoms with E-state index in [-0.39, 0.29) is 6.54 Å². The molecule has 0 fully saturated rings. The number of halogens is 1. The SMILES string of the molecule is COc1ccc(C(C)(F)CN)cc1OC. The number of hydrogen-bond acceptors (Lipinski definition) is 3. The minimum atomic E-state index is -1.54. The summed E-state index contributed by atoms with van der Waals surface area (Å²) in [5, 5.41) is 0. The maximum absolute atomic E-state index is 13.9. The van der Waals surface area contributed by atoms with Crippen LogP contribution in [0.25, 0.3) is 0 Å². The Morgan fingerprint density at radius 1 is 1.27 bits per heavy atom. The van der Waals surface area contributed by atoms with Crippen LogP contribution in [0.5, 0.6) is 11.5 Å². The van der Waals surface area contributed by atoms with Gasteiger partial charge in [-0.25, -0.2) is 4.39 Å². The highest BCUT2D eigenvalue weighted by Gasteiger charge is 2.24. The summed E-state index contributed by atoms with van der Waals surface area (Å²) in [5.74, 6) is 1.08. The third-order valence-corrected chi connectivity index (χ3v) is 2.37. The molecule has 1 unspecified atom stereocenters. The van der Waals surface area contributed by atoms with E-state index in [4.69, 9.17) is 15.2 Å². The van der Waals surface area contributed by atoms with Crippen LogP contribution < -0.4 is 15.2 Å². The van der Waals surface area contributed by atoms with Gasteiger partial charge in [0.15, 0.2) is 11.5 Å². The van der Waals surface area contributed by atoms with Gasteiger partial charge in [-0.15, -0.1) is 0 Å². The molecule has 0 spiro atoms. The van der Waals surface area contributed by atoms with Crippen molar-refractivity contribution in [1.82, 2.24) is 0 Å². The van der Waals surface area contributed by atoms with Gasteiger partial charge in [-0.2, -0.15) is 0 Å². The molecule has 0 radical (unpaired) electrons. The van der Waals surface area contributed by atoms with E-state index in [1.165, 1.54) is 21.1 Å². The summed E-state index contributed by atoms with van der Waals surface area (Å²) in [4.78, 5) is 0. The zero-order valence-electron chi connectivity index (χ0n) is 9.21. The van der Waals surface area contributed by atoms with Crippen LogP contribution >= 0.6 is 0 Å². The average molecular weight is 213 g/mol. The van der Waals surface area contributed by atoms with E-state index in [1.54, 1.807) is 18.2 Å². The maximum Gasteiger partial charge on any atom is 0.161 e. The summed E-state index contributed by atoms with van der Waals surface area (Å²) in [6.45, 7) is 1.37. The second-order valence-electron chi connectivity index (χ2n) is 3.47. The standard InChI is InChI=1S/C11H16FNO2/c1-11(12,7-13)8-4-5-9(14-2)10(6-8)15-3/h4-6H,7,13H2,1-3H3. The van der Waals surface area contributed by atoms with Crippen molar-refractivity contribution in [2.45, 2.75) is 12.6 Å². The molecular formula is C11H16FNO2. The molecular weight excluding hydrogens is 197 g/mol. The Hall–Kier alpha value is -1.29. The predicted octanol–water partition coefficient (Wildman–Crippen LogP) is 1.85. The third kappa shape index (κ3) is 2.39. The van der Waals surface area contributed by atoms with Crippen molar-refractivity contribution in [3.63, 3.8) is 0 Å². The van der Waals surface area contributed by atoms with Gasteiger partial charge in [0.25, 0.3) is 0 Å². The van der Waals surface area contributed by atoms with Crippen LogP contribution in [0.3, 0.4) is 0 Å². The van der Waals surface area contributed by atoms with Gasteiger partial charge >= 0.3 is 0 Å². The number of nitrogens with two attached hydrogens (primary N) is 1. The fourth-order valence-electron chi connectivity index (χ4n) is 1.28. The molecule has 0 aliphatic heterocycles. The van der Waals surface area contributed by atoms with Crippen molar-refractivity contribution in [2.24, 2.45) is 5.73 Å². The zero-order chi connectivity index (χ0) is 11.5. The smallest absolute Gasteiger partial charge is 0.161 e. The van der Waals surface area contributed by atoms with Crippen LogP contribution in [0.1, 0.15) is 12.5 Å². The lowest BCUT2D eigenvalue weighted by atomic mass is 9.98. The van der Waals surface area contributed by atoms with Crippen LogP contribution in [-0.4, -0.2) is 20.8 Å². The second-order valence-corrected chi connectivity index (χ2v) is 3.47. The van der Waals surface area contributed by atoms with E-state index >= 15 is 0 Å². The molecule has 3 nitrogen and oxygen atoms in total. The quantitative estimate of drug-likeness (QED) is 0.830. The minimum Gasteiger partial charge on any atom is -0.493 e. The highest BCUT2D eigenvalue weighted by Crippen LogP contribution is 2.33. The van der Waals surface area contributed by atoms with Gasteiger partial charge in [0.05, 0.1) is 14.2 Å². The van der Waals surface area contributed by atoms with Gasteiger partial charge < -0.3 is 15.2 Å². The fraction of sp³-hybridized carbons (Fsp3) is 0.455. The first-order valence-electron chi connectivity index (χ1n) is 4.66. The lowest BCUT2D eigenvalue weighted by molar-refractivity contribution is 0.202. The molecule has 0 aliphatic carbocycles. The molecule has 0 heterocycles. The molecule has 0 amide bonds. The minimum absolute atomic E-state index is 0.0670. The second kappa shape index (κ2) is 4.49. The van der Waals surface area contributed by atoms with E-state index in [0.29, 0.717) is 17.1 Å². The summed E-state index contributed by atoms with van der Waals surface area (Å²) >= 11 is 0. The summed E-state index contributed by atoms with van der Waals surface area (Å²) in [5.41, 5.74) is 4.30. The van der Waals surface area contributed by atoms with Crippen molar-refractivity contribution in [3.8, 4) is 11.5 Å². The molecule has 1 rings (SSSR count). The summed E-state index contributed by atoms with van der Waals surface area (Å²) < 4.78 is 24.0. The molecule has 0 bridgehead atoms. The first kappa shape index (κ1) is 11.8. The molecule has 2 N–H and O–H groups in total. The normalized spacial score (nSPS) is 14.5. The van der Waals surface area contributed by atoms with Gasteiger partial charge in [-0.1, -0.05) is 6.07 Å². The van der Waals surface area contributed by atoms with Gasteiger partial charge in [-0.05, 0) is 24.6 Å². The molecule has 0 aromatic heterocycles.